The zero-order chi connectivity index (χ0) is 21.9. The second kappa shape index (κ2) is 13.1. The molecule has 1 fully saturated rings. The average molecular weight is 419 g/mol. The standard InChI is InChI=1S/C31H46/c1-4-6-8-10-26-12-14-28(15-13-26)16-19-29-22-23-31(24-25(29)3)30-20-17-27(18-21-30)11-9-7-5-2/h12-15,22-24,27,30H,4-11,16-21H2,1-3H3. The van der Waals surface area contributed by atoms with Crippen LogP contribution in [0.5, 0.6) is 0 Å². The van der Waals surface area contributed by atoms with Crippen LogP contribution in [0.2, 0.25) is 0 Å². The Balaban J connectivity index is 1.46. The largest absolute Gasteiger partial charge is 0.0654 e. The second-order valence-corrected chi connectivity index (χ2v) is 10.2. The molecule has 0 aromatic heterocycles. The van der Waals surface area contributed by atoms with Gasteiger partial charge in [0, 0.05) is 0 Å². The highest BCUT2D eigenvalue weighted by atomic mass is 14.3. The third kappa shape index (κ3) is 7.81. The Labute approximate surface area is 192 Å². The zero-order valence-electron chi connectivity index (χ0n) is 20.6. The lowest BCUT2D eigenvalue weighted by atomic mass is 9.76. The number of unbranched alkanes of at least 4 members (excludes halogenated alkanes) is 4. The van der Waals surface area contributed by atoms with Crippen molar-refractivity contribution in [3.8, 4) is 0 Å². The van der Waals surface area contributed by atoms with Crippen molar-refractivity contribution >= 4 is 0 Å². The number of rotatable bonds is 12. The van der Waals surface area contributed by atoms with Gasteiger partial charge in [0.2, 0.25) is 0 Å². The predicted molar refractivity (Wildman–Crippen MR) is 137 cm³/mol. The predicted octanol–water partition coefficient (Wildman–Crippen LogP) is 9.37. The van der Waals surface area contributed by atoms with Crippen LogP contribution >= 0.6 is 0 Å². The van der Waals surface area contributed by atoms with Crippen molar-refractivity contribution in [2.75, 3.05) is 0 Å². The van der Waals surface area contributed by atoms with Gasteiger partial charge in [-0.05, 0) is 97.9 Å². The molecule has 0 amide bonds. The molecule has 0 nitrogen and oxygen atoms in total. The fourth-order valence-corrected chi connectivity index (χ4v) is 5.45. The van der Waals surface area contributed by atoms with Gasteiger partial charge >= 0.3 is 0 Å². The van der Waals surface area contributed by atoms with Gasteiger partial charge in [-0.2, -0.15) is 0 Å². The quantitative estimate of drug-likeness (QED) is 0.301. The molecular formula is C31H46. The summed E-state index contributed by atoms with van der Waals surface area (Å²) in [6.45, 7) is 6.91. The summed E-state index contributed by atoms with van der Waals surface area (Å²) in [4.78, 5) is 0. The SMILES string of the molecule is CCCCCc1ccc(CCc2ccc(C3CCC(CCCCC)CC3)cc2C)cc1. The summed E-state index contributed by atoms with van der Waals surface area (Å²) in [7, 11) is 0. The Morgan fingerprint density at radius 2 is 1.32 bits per heavy atom. The lowest BCUT2D eigenvalue weighted by molar-refractivity contribution is 0.302. The monoisotopic (exact) mass is 418 g/mol. The highest BCUT2D eigenvalue weighted by Gasteiger charge is 2.22. The fraction of sp³-hybridized carbons (Fsp3) is 0.613. The maximum Gasteiger partial charge on any atom is -0.0162 e. The minimum Gasteiger partial charge on any atom is -0.0654 e. The molecule has 1 aliphatic carbocycles. The van der Waals surface area contributed by atoms with Gasteiger partial charge < -0.3 is 0 Å². The summed E-state index contributed by atoms with van der Waals surface area (Å²) in [6, 6.07) is 16.8. The van der Waals surface area contributed by atoms with Crippen LogP contribution in [-0.4, -0.2) is 0 Å². The summed E-state index contributed by atoms with van der Waals surface area (Å²) < 4.78 is 0. The molecule has 0 aliphatic heterocycles. The molecule has 0 bridgehead atoms. The molecule has 170 valence electrons. The first-order valence-corrected chi connectivity index (χ1v) is 13.4. The molecule has 31 heavy (non-hydrogen) atoms. The third-order valence-corrected chi connectivity index (χ3v) is 7.68. The van der Waals surface area contributed by atoms with Crippen LogP contribution in [0.1, 0.15) is 118 Å². The summed E-state index contributed by atoms with van der Waals surface area (Å²) in [5.41, 5.74) is 7.61. The lowest BCUT2D eigenvalue weighted by Gasteiger charge is -2.29. The Morgan fingerprint density at radius 1 is 0.677 bits per heavy atom. The van der Waals surface area contributed by atoms with E-state index in [0.29, 0.717) is 0 Å². The number of benzene rings is 2. The summed E-state index contributed by atoms with van der Waals surface area (Å²) in [5, 5.41) is 0. The van der Waals surface area contributed by atoms with Crippen molar-refractivity contribution in [1.29, 1.82) is 0 Å². The normalized spacial score (nSPS) is 18.9. The van der Waals surface area contributed by atoms with Gasteiger partial charge in [0.15, 0.2) is 0 Å². The van der Waals surface area contributed by atoms with Crippen LogP contribution in [0.4, 0.5) is 0 Å². The lowest BCUT2D eigenvalue weighted by Crippen LogP contribution is -2.13. The van der Waals surface area contributed by atoms with E-state index in [-0.39, 0.29) is 0 Å². The van der Waals surface area contributed by atoms with E-state index >= 15 is 0 Å². The Hall–Kier alpha value is -1.56. The van der Waals surface area contributed by atoms with E-state index in [1.807, 2.05) is 0 Å². The topological polar surface area (TPSA) is 0 Å². The molecule has 1 aliphatic rings. The molecule has 2 aromatic rings. The van der Waals surface area contributed by atoms with Gasteiger partial charge in [0.05, 0.1) is 0 Å². The van der Waals surface area contributed by atoms with Crippen molar-refractivity contribution in [2.24, 2.45) is 5.92 Å². The molecule has 0 atom stereocenters. The van der Waals surface area contributed by atoms with E-state index in [4.69, 9.17) is 0 Å². The molecule has 1 saturated carbocycles. The molecule has 0 heteroatoms. The first kappa shape index (κ1) is 24.1. The van der Waals surface area contributed by atoms with Gasteiger partial charge in [-0.3, -0.25) is 0 Å². The molecule has 0 unspecified atom stereocenters. The minimum atomic E-state index is 0.801. The van der Waals surface area contributed by atoms with Crippen molar-refractivity contribution in [3.05, 3.63) is 70.3 Å². The zero-order valence-corrected chi connectivity index (χ0v) is 20.6. The first-order chi connectivity index (χ1) is 15.2. The van der Waals surface area contributed by atoms with Crippen molar-refractivity contribution in [3.63, 3.8) is 0 Å². The highest BCUT2D eigenvalue weighted by molar-refractivity contribution is 5.34. The average Bonchev–Trinajstić information content (AvgIpc) is 2.80. The van der Waals surface area contributed by atoms with Gasteiger partial charge in [-0.1, -0.05) is 94.8 Å². The molecule has 0 N–H and O–H groups in total. The van der Waals surface area contributed by atoms with Crippen LogP contribution in [-0.2, 0) is 19.3 Å². The smallest absolute Gasteiger partial charge is 0.0162 e. The van der Waals surface area contributed by atoms with E-state index in [9.17, 15) is 0 Å². The molecule has 0 spiro atoms. The van der Waals surface area contributed by atoms with E-state index in [1.165, 1.54) is 99.3 Å². The molecule has 3 rings (SSSR count). The van der Waals surface area contributed by atoms with Crippen LogP contribution in [0.25, 0.3) is 0 Å². The second-order valence-electron chi connectivity index (χ2n) is 10.2. The molecule has 0 saturated heterocycles. The van der Waals surface area contributed by atoms with E-state index in [1.54, 1.807) is 5.56 Å². The van der Waals surface area contributed by atoms with Crippen LogP contribution in [0.15, 0.2) is 42.5 Å². The minimum absolute atomic E-state index is 0.801. The third-order valence-electron chi connectivity index (χ3n) is 7.68. The van der Waals surface area contributed by atoms with Gasteiger partial charge in [-0.25, -0.2) is 0 Å². The fourth-order valence-electron chi connectivity index (χ4n) is 5.45. The summed E-state index contributed by atoms with van der Waals surface area (Å²) in [5.74, 6) is 1.80. The molecule has 2 aromatic carbocycles. The number of aryl methyl sites for hydroxylation is 4. The molecule has 0 radical (unpaired) electrons. The number of hydrogen-bond donors (Lipinski definition) is 0. The van der Waals surface area contributed by atoms with Gasteiger partial charge in [-0.15, -0.1) is 0 Å². The van der Waals surface area contributed by atoms with Crippen molar-refractivity contribution in [2.45, 2.75) is 117 Å². The van der Waals surface area contributed by atoms with Gasteiger partial charge in [0.25, 0.3) is 0 Å². The van der Waals surface area contributed by atoms with E-state index < -0.39 is 0 Å². The number of hydrogen-bond acceptors (Lipinski definition) is 0. The van der Waals surface area contributed by atoms with Crippen LogP contribution in [0, 0.1) is 12.8 Å². The van der Waals surface area contributed by atoms with E-state index in [2.05, 4.69) is 63.2 Å². The van der Waals surface area contributed by atoms with Crippen LogP contribution < -0.4 is 0 Å². The Morgan fingerprint density at radius 3 is 1.97 bits per heavy atom. The van der Waals surface area contributed by atoms with Crippen molar-refractivity contribution in [1.82, 2.24) is 0 Å². The Bertz CT molecular complexity index is 746. The maximum atomic E-state index is 2.51. The van der Waals surface area contributed by atoms with Gasteiger partial charge in [0.1, 0.15) is 0 Å². The first-order valence-electron chi connectivity index (χ1n) is 13.4. The van der Waals surface area contributed by atoms with E-state index in [0.717, 1.165) is 24.7 Å². The molecule has 0 heterocycles. The van der Waals surface area contributed by atoms with Crippen LogP contribution in [0.3, 0.4) is 0 Å². The maximum absolute atomic E-state index is 2.51. The van der Waals surface area contributed by atoms with Crippen molar-refractivity contribution < 1.29 is 0 Å². The molecular weight excluding hydrogens is 372 g/mol. The summed E-state index contributed by atoms with van der Waals surface area (Å²) >= 11 is 0. The highest BCUT2D eigenvalue weighted by Crippen LogP contribution is 2.38. The summed E-state index contributed by atoms with van der Waals surface area (Å²) in [6.07, 6.45) is 18.9. The Kier molecular flexibility index (Phi) is 10.2.